The fraction of sp³-hybridized carbons (Fsp3) is 0.429. The summed E-state index contributed by atoms with van der Waals surface area (Å²) >= 11 is 0. The summed E-state index contributed by atoms with van der Waals surface area (Å²) in [5, 5.41) is 11.3. The summed E-state index contributed by atoms with van der Waals surface area (Å²) in [4.78, 5) is 24.3. The molecule has 128 valence electrons. The normalized spacial score (nSPS) is 18.3. The average molecular weight is 353 g/mol. The highest BCUT2D eigenvalue weighted by Crippen LogP contribution is 2.30. The fourth-order valence-electron chi connectivity index (χ4n) is 2.35. The first-order valence-corrected chi connectivity index (χ1v) is 6.68. The van der Waals surface area contributed by atoms with E-state index in [1.54, 1.807) is 4.90 Å². The molecule has 1 heterocycles. The third-order valence-corrected chi connectivity index (χ3v) is 3.46. The Hall–Kier alpha value is -1.80. The van der Waals surface area contributed by atoms with Crippen molar-refractivity contribution in [3.63, 3.8) is 0 Å². The summed E-state index contributed by atoms with van der Waals surface area (Å²) in [6, 6.07) is 4.38. The van der Waals surface area contributed by atoms with Crippen LogP contribution in [0.1, 0.15) is 12.0 Å². The Morgan fingerprint density at radius 1 is 1.35 bits per heavy atom. The first kappa shape index (κ1) is 19.2. The highest BCUT2D eigenvalue weighted by Gasteiger charge is 2.31. The number of aliphatic carboxylic acids is 1. The summed E-state index contributed by atoms with van der Waals surface area (Å²) < 4.78 is 37.7. The van der Waals surface area contributed by atoms with E-state index in [1.807, 2.05) is 0 Å². The predicted octanol–water partition coefficient (Wildman–Crippen LogP) is 2.47. The van der Waals surface area contributed by atoms with Crippen molar-refractivity contribution in [1.29, 1.82) is 0 Å². The molecule has 0 aliphatic carbocycles. The summed E-state index contributed by atoms with van der Waals surface area (Å²) in [5.74, 6) is -1.87. The van der Waals surface area contributed by atoms with E-state index in [0.717, 1.165) is 12.1 Å². The van der Waals surface area contributed by atoms with Gasteiger partial charge in [0.2, 0.25) is 5.91 Å². The number of amides is 1. The Balaban J connectivity index is 0.00000264. The maximum atomic E-state index is 12.6. The van der Waals surface area contributed by atoms with E-state index in [0.29, 0.717) is 13.0 Å². The van der Waals surface area contributed by atoms with Gasteiger partial charge in [-0.05, 0) is 31.2 Å². The Labute approximate surface area is 136 Å². The number of nitrogens with zero attached hydrogens (tertiary/aromatic N) is 1. The van der Waals surface area contributed by atoms with Crippen LogP contribution in [0.25, 0.3) is 0 Å². The van der Waals surface area contributed by atoms with Crippen molar-refractivity contribution in [2.75, 3.05) is 25.0 Å². The van der Waals surface area contributed by atoms with Gasteiger partial charge < -0.3 is 10.4 Å². The number of carboxylic acids is 1. The molecule has 0 bridgehead atoms. The summed E-state index contributed by atoms with van der Waals surface area (Å²) in [6.45, 7) is 0.707. The second-order valence-corrected chi connectivity index (χ2v) is 5.19. The van der Waals surface area contributed by atoms with Crippen LogP contribution in [0.5, 0.6) is 0 Å². The minimum absolute atomic E-state index is 0. The molecule has 1 atom stereocenters. The van der Waals surface area contributed by atoms with Crippen molar-refractivity contribution in [1.82, 2.24) is 4.90 Å². The quantitative estimate of drug-likeness (QED) is 0.873. The van der Waals surface area contributed by atoms with Crippen LogP contribution in [-0.4, -0.2) is 41.5 Å². The molecule has 0 aromatic heterocycles. The number of carbonyl (C=O) groups excluding carboxylic acids is 1. The van der Waals surface area contributed by atoms with Crippen LogP contribution in [0.15, 0.2) is 24.3 Å². The van der Waals surface area contributed by atoms with E-state index in [2.05, 4.69) is 5.32 Å². The molecule has 9 heteroatoms. The summed E-state index contributed by atoms with van der Waals surface area (Å²) in [5.41, 5.74) is -0.772. The minimum Gasteiger partial charge on any atom is -0.481 e. The van der Waals surface area contributed by atoms with Crippen LogP contribution in [0.2, 0.25) is 0 Å². The van der Waals surface area contributed by atoms with Gasteiger partial charge in [-0.2, -0.15) is 13.2 Å². The highest BCUT2D eigenvalue weighted by atomic mass is 35.5. The zero-order valence-corrected chi connectivity index (χ0v) is 12.8. The van der Waals surface area contributed by atoms with Crippen molar-refractivity contribution >= 4 is 30.0 Å². The lowest BCUT2D eigenvalue weighted by Crippen LogP contribution is -2.32. The van der Waals surface area contributed by atoms with Crippen LogP contribution in [0.4, 0.5) is 18.9 Å². The van der Waals surface area contributed by atoms with Gasteiger partial charge in [-0.15, -0.1) is 12.4 Å². The van der Waals surface area contributed by atoms with Crippen LogP contribution < -0.4 is 5.32 Å². The third kappa shape index (κ3) is 5.40. The molecule has 2 N–H and O–H groups in total. The van der Waals surface area contributed by atoms with Gasteiger partial charge in [-0.25, -0.2) is 0 Å². The number of alkyl halides is 3. The van der Waals surface area contributed by atoms with Gasteiger partial charge in [-0.1, -0.05) is 6.07 Å². The van der Waals surface area contributed by atoms with Gasteiger partial charge in [0.15, 0.2) is 0 Å². The maximum Gasteiger partial charge on any atom is 0.416 e. The van der Waals surface area contributed by atoms with Gasteiger partial charge in [-0.3, -0.25) is 14.5 Å². The van der Waals surface area contributed by atoms with Gasteiger partial charge in [0, 0.05) is 12.2 Å². The van der Waals surface area contributed by atoms with Gasteiger partial charge >= 0.3 is 12.1 Å². The molecule has 0 spiro atoms. The van der Waals surface area contributed by atoms with E-state index in [-0.39, 0.29) is 31.2 Å². The van der Waals surface area contributed by atoms with E-state index in [4.69, 9.17) is 5.11 Å². The minimum atomic E-state index is -4.47. The Bertz CT molecular complexity index is 581. The summed E-state index contributed by atoms with van der Waals surface area (Å²) in [7, 11) is 0. The van der Waals surface area contributed by atoms with Crippen LogP contribution in [0, 0.1) is 5.92 Å². The van der Waals surface area contributed by atoms with Crippen molar-refractivity contribution in [3.8, 4) is 0 Å². The number of halogens is 4. The van der Waals surface area contributed by atoms with Crippen molar-refractivity contribution in [2.45, 2.75) is 12.6 Å². The van der Waals surface area contributed by atoms with E-state index >= 15 is 0 Å². The Kier molecular flexibility index (Phi) is 6.40. The number of nitrogens with one attached hydrogen (secondary N) is 1. The number of likely N-dealkylation sites (tertiary alicyclic amines) is 1. The van der Waals surface area contributed by atoms with Gasteiger partial charge in [0.1, 0.15) is 0 Å². The lowest BCUT2D eigenvalue weighted by Gasteiger charge is -2.15. The molecule has 1 saturated heterocycles. The molecule has 1 fully saturated rings. The molecule has 23 heavy (non-hydrogen) atoms. The highest BCUT2D eigenvalue weighted by molar-refractivity contribution is 5.92. The number of rotatable bonds is 4. The van der Waals surface area contributed by atoms with Crippen molar-refractivity contribution < 1.29 is 27.9 Å². The van der Waals surface area contributed by atoms with Crippen LogP contribution in [0.3, 0.4) is 0 Å². The van der Waals surface area contributed by atoms with E-state index < -0.39 is 29.5 Å². The SMILES string of the molecule is Cl.O=C(CN1CCC(C(=O)O)C1)Nc1cccc(C(F)(F)F)c1. The zero-order valence-electron chi connectivity index (χ0n) is 12.0. The number of carboxylic acid groups (broad SMARTS) is 1. The lowest BCUT2D eigenvalue weighted by molar-refractivity contribution is -0.141. The third-order valence-electron chi connectivity index (χ3n) is 3.46. The number of anilines is 1. The lowest BCUT2D eigenvalue weighted by atomic mass is 10.1. The number of carbonyl (C=O) groups is 2. The smallest absolute Gasteiger partial charge is 0.416 e. The Morgan fingerprint density at radius 2 is 2.04 bits per heavy atom. The Morgan fingerprint density at radius 3 is 2.61 bits per heavy atom. The van der Waals surface area contributed by atoms with Gasteiger partial charge in [0.25, 0.3) is 0 Å². The van der Waals surface area contributed by atoms with Crippen LogP contribution in [-0.2, 0) is 15.8 Å². The molecular weight excluding hydrogens is 337 g/mol. The molecule has 0 radical (unpaired) electrons. The van der Waals surface area contributed by atoms with Gasteiger partial charge in [0.05, 0.1) is 18.0 Å². The zero-order chi connectivity index (χ0) is 16.3. The molecule has 1 aromatic carbocycles. The monoisotopic (exact) mass is 352 g/mol. The van der Waals surface area contributed by atoms with E-state index in [1.165, 1.54) is 12.1 Å². The second-order valence-electron chi connectivity index (χ2n) is 5.19. The first-order chi connectivity index (χ1) is 10.3. The molecule has 5 nitrogen and oxygen atoms in total. The first-order valence-electron chi connectivity index (χ1n) is 6.68. The number of benzene rings is 1. The van der Waals surface area contributed by atoms with Crippen molar-refractivity contribution in [3.05, 3.63) is 29.8 Å². The molecule has 1 aliphatic rings. The molecular formula is C14H16ClF3N2O3. The van der Waals surface area contributed by atoms with E-state index in [9.17, 15) is 22.8 Å². The molecule has 2 rings (SSSR count). The fourth-order valence-corrected chi connectivity index (χ4v) is 2.35. The maximum absolute atomic E-state index is 12.6. The molecule has 1 aromatic rings. The number of hydrogen-bond acceptors (Lipinski definition) is 3. The molecule has 1 unspecified atom stereocenters. The molecule has 1 amide bonds. The molecule has 1 aliphatic heterocycles. The number of hydrogen-bond donors (Lipinski definition) is 2. The topological polar surface area (TPSA) is 69.6 Å². The second kappa shape index (κ2) is 7.65. The molecule has 0 saturated carbocycles. The van der Waals surface area contributed by atoms with Crippen molar-refractivity contribution in [2.24, 2.45) is 5.92 Å². The predicted molar refractivity (Wildman–Crippen MR) is 79.5 cm³/mol. The average Bonchev–Trinajstić information content (AvgIpc) is 2.86. The largest absolute Gasteiger partial charge is 0.481 e. The van der Waals surface area contributed by atoms with Crippen LogP contribution >= 0.6 is 12.4 Å². The summed E-state index contributed by atoms with van der Waals surface area (Å²) in [6.07, 6.45) is -4.00. The standard InChI is InChI=1S/C14H15F3N2O3.ClH/c15-14(16,17)10-2-1-3-11(6-10)18-12(20)8-19-5-4-9(7-19)13(21)22;/h1-3,6,9H,4-5,7-8H2,(H,18,20)(H,21,22);1H.